The Hall–Kier alpha value is -2.66. The number of hydrogen-bond donors (Lipinski definition) is 2. The van der Waals surface area contributed by atoms with Gasteiger partial charge in [-0.3, -0.25) is 9.78 Å². The van der Waals surface area contributed by atoms with Crippen LogP contribution in [0.4, 0.5) is 5.69 Å². The highest BCUT2D eigenvalue weighted by atomic mass is 16.5. The molecule has 5 nitrogen and oxygen atoms in total. The van der Waals surface area contributed by atoms with Crippen LogP contribution >= 0.6 is 0 Å². The maximum absolute atomic E-state index is 11.3. The summed E-state index contributed by atoms with van der Waals surface area (Å²) < 4.78 is 4.93. The van der Waals surface area contributed by atoms with Crippen molar-refractivity contribution in [3.05, 3.63) is 70.6 Å². The van der Waals surface area contributed by atoms with Crippen LogP contribution in [-0.4, -0.2) is 17.1 Å². The zero-order chi connectivity index (χ0) is 17.1. The van der Waals surface area contributed by atoms with Crippen LogP contribution in [0.3, 0.4) is 0 Å². The Kier molecular flexibility index (Phi) is 8.10. The Morgan fingerprint density at radius 3 is 2.48 bits per heavy atom. The minimum Gasteiger partial charge on any atom is -0.394 e. The summed E-state index contributed by atoms with van der Waals surface area (Å²) in [6.07, 6.45) is 3.04. The van der Waals surface area contributed by atoms with Crippen LogP contribution < -0.4 is 11.2 Å². The number of H-pyrrole nitrogens is 1. The number of anilines is 1. The van der Waals surface area contributed by atoms with E-state index >= 15 is 0 Å². The number of methoxy groups -OCH3 is 1. The van der Waals surface area contributed by atoms with E-state index in [-0.39, 0.29) is 11.1 Å². The molecule has 0 fully saturated rings. The quantitative estimate of drug-likeness (QED) is 0.760. The molecule has 122 valence electrons. The summed E-state index contributed by atoms with van der Waals surface area (Å²) >= 11 is 0. The molecule has 23 heavy (non-hydrogen) atoms. The van der Waals surface area contributed by atoms with E-state index in [4.69, 9.17) is 10.5 Å². The average Bonchev–Trinajstić information content (AvgIpc) is 2.62. The van der Waals surface area contributed by atoms with Crippen molar-refractivity contribution < 1.29 is 4.74 Å². The van der Waals surface area contributed by atoms with Gasteiger partial charge < -0.3 is 15.5 Å². The highest BCUT2D eigenvalue weighted by molar-refractivity contribution is 5.76. The first kappa shape index (κ1) is 18.4. The van der Waals surface area contributed by atoms with Crippen LogP contribution in [0.25, 0.3) is 11.0 Å². The van der Waals surface area contributed by atoms with E-state index in [1.165, 1.54) is 11.8 Å². The molecule has 0 bridgehead atoms. The number of hydrogen-bond acceptors (Lipinski definition) is 4. The molecular weight excluding hydrogens is 290 g/mol. The molecule has 0 saturated carbocycles. The molecule has 2 heterocycles. The fourth-order valence-corrected chi connectivity index (χ4v) is 1.80. The third-order valence-corrected chi connectivity index (χ3v) is 2.82. The molecule has 0 aliphatic carbocycles. The summed E-state index contributed by atoms with van der Waals surface area (Å²) in [5.74, 6) is 0. The van der Waals surface area contributed by atoms with Crippen LogP contribution in [0, 0.1) is 0 Å². The lowest BCUT2D eigenvalue weighted by Gasteiger charge is -1.96. The summed E-state index contributed by atoms with van der Waals surface area (Å²) in [4.78, 5) is 18.1. The molecule has 0 saturated heterocycles. The smallest absolute Gasteiger partial charge is 0.230 e. The molecule has 0 radical (unpaired) electrons. The maximum atomic E-state index is 11.3. The van der Waals surface area contributed by atoms with Crippen molar-refractivity contribution in [3.8, 4) is 0 Å². The number of pyridine rings is 2. The number of aromatic amines is 1. The molecule has 1 aromatic carbocycles. The lowest BCUT2D eigenvalue weighted by molar-refractivity contribution is 0.185. The lowest BCUT2D eigenvalue weighted by Crippen LogP contribution is -2.09. The maximum Gasteiger partial charge on any atom is 0.230 e. The lowest BCUT2D eigenvalue weighted by atomic mass is 10.2. The number of rotatable bonds is 2. The number of fused-ring (bicyclic) bond motifs is 1. The number of nitrogen functional groups attached to an aromatic ring is 1. The van der Waals surface area contributed by atoms with Crippen molar-refractivity contribution in [2.24, 2.45) is 0 Å². The minimum atomic E-state index is -0.218. The second kappa shape index (κ2) is 10.1. The van der Waals surface area contributed by atoms with Crippen molar-refractivity contribution in [2.75, 3.05) is 12.8 Å². The Morgan fingerprint density at radius 1 is 1.13 bits per heavy atom. The highest BCUT2D eigenvalue weighted by Crippen LogP contribution is 2.03. The SMILES string of the molecule is CC.COCc1ccccc1.Nc1c[nH]c2cccnc2c1=O. The Bertz CT molecular complexity index is 755. The average molecular weight is 313 g/mol. The van der Waals surface area contributed by atoms with Crippen LogP contribution in [0.5, 0.6) is 0 Å². The number of benzene rings is 1. The van der Waals surface area contributed by atoms with Gasteiger partial charge in [0.05, 0.1) is 17.8 Å². The van der Waals surface area contributed by atoms with E-state index in [1.807, 2.05) is 44.2 Å². The van der Waals surface area contributed by atoms with Gasteiger partial charge in [-0.25, -0.2) is 0 Å². The number of nitrogens with two attached hydrogens (primary N) is 1. The molecule has 0 spiro atoms. The normalized spacial score (nSPS) is 9.35. The molecule has 5 heteroatoms. The molecule has 0 unspecified atom stereocenters. The van der Waals surface area contributed by atoms with Gasteiger partial charge in [-0.2, -0.15) is 0 Å². The van der Waals surface area contributed by atoms with Gasteiger partial charge >= 0.3 is 0 Å². The van der Waals surface area contributed by atoms with Crippen molar-refractivity contribution in [2.45, 2.75) is 20.5 Å². The van der Waals surface area contributed by atoms with Crippen LogP contribution in [0.2, 0.25) is 0 Å². The Labute approximate surface area is 136 Å². The number of nitrogens with one attached hydrogen (secondary N) is 1. The third kappa shape index (κ3) is 5.56. The molecule has 3 aromatic rings. The molecule has 2 aromatic heterocycles. The van der Waals surface area contributed by atoms with Gasteiger partial charge in [0.25, 0.3) is 0 Å². The number of ether oxygens (including phenoxy) is 1. The Morgan fingerprint density at radius 2 is 1.83 bits per heavy atom. The van der Waals surface area contributed by atoms with E-state index in [2.05, 4.69) is 9.97 Å². The minimum absolute atomic E-state index is 0.196. The van der Waals surface area contributed by atoms with Gasteiger partial charge in [0.2, 0.25) is 5.43 Å². The van der Waals surface area contributed by atoms with E-state index in [9.17, 15) is 4.79 Å². The molecule has 3 N–H and O–H groups in total. The van der Waals surface area contributed by atoms with E-state index in [0.717, 1.165) is 0 Å². The first-order valence-electron chi connectivity index (χ1n) is 7.47. The number of aromatic nitrogens is 2. The summed E-state index contributed by atoms with van der Waals surface area (Å²) in [5.41, 5.74) is 7.69. The van der Waals surface area contributed by atoms with Gasteiger partial charge in [-0.15, -0.1) is 0 Å². The summed E-state index contributed by atoms with van der Waals surface area (Å²) in [7, 11) is 1.70. The van der Waals surface area contributed by atoms with Crippen LogP contribution in [0.15, 0.2) is 59.7 Å². The molecule has 0 atom stereocenters. The second-order valence-electron chi connectivity index (χ2n) is 4.39. The van der Waals surface area contributed by atoms with E-state index in [1.54, 1.807) is 25.4 Å². The molecule has 0 amide bonds. The van der Waals surface area contributed by atoms with Crippen molar-refractivity contribution in [3.63, 3.8) is 0 Å². The van der Waals surface area contributed by atoms with Gasteiger partial charge in [0.1, 0.15) is 5.52 Å². The van der Waals surface area contributed by atoms with Gasteiger partial charge in [-0.05, 0) is 17.7 Å². The Balaban J connectivity index is 0.000000215. The fourth-order valence-electron chi connectivity index (χ4n) is 1.80. The molecular formula is C18H23N3O2. The first-order chi connectivity index (χ1) is 11.2. The largest absolute Gasteiger partial charge is 0.394 e. The first-order valence-corrected chi connectivity index (χ1v) is 7.47. The van der Waals surface area contributed by atoms with Gasteiger partial charge in [-0.1, -0.05) is 44.2 Å². The molecule has 3 rings (SSSR count). The summed E-state index contributed by atoms with van der Waals surface area (Å²) in [5, 5.41) is 0. The van der Waals surface area contributed by atoms with E-state index in [0.29, 0.717) is 17.6 Å². The van der Waals surface area contributed by atoms with Crippen molar-refractivity contribution in [1.82, 2.24) is 9.97 Å². The molecule has 0 aliphatic heterocycles. The predicted octanol–water partition coefficient (Wildman–Crippen LogP) is 3.36. The standard InChI is InChI=1S/C8H7N3O.C8H10O.C2H6/c9-5-4-11-6-2-1-3-10-7(6)8(5)12;1-9-7-8-5-3-2-4-6-8;1-2/h1-4H,9H2,(H,11,12);2-6H,7H2,1H3;1-2H3. The van der Waals surface area contributed by atoms with E-state index < -0.39 is 0 Å². The third-order valence-electron chi connectivity index (χ3n) is 2.82. The highest BCUT2D eigenvalue weighted by Gasteiger charge is 2.00. The molecule has 0 aliphatic rings. The van der Waals surface area contributed by atoms with Crippen molar-refractivity contribution in [1.29, 1.82) is 0 Å². The van der Waals surface area contributed by atoms with Crippen LogP contribution in [-0.2, 0) is 11.3 Å². The van der Waals surface area contributed by atoms with Crippen molar-refractivity contribution >= 4 is 16.7 Å². The number of nitrogens with zero attached hydrogens (tertiary/aromatic N) is 1. The summed E-state index contributed by atoms with van der Waals surface area (Å²) in [6, 6.07) is 13.6. The summed E-state index contributed by atoms with van der Waals surface area (Å²) in [6.45, 7) is 4.71. The monoisotopic (exact) mass is 313 g/mol. The second-order valence-corrected chi connectivity index (χ2v) is 4.39. The zero-order valence-electron chi connectivity index (χ0n) is 13.7. The zero-order valence-corrected chi connectivity index (χ0v) is 13.7. The van der Waals surface area contributed by atoms with Gasteiger partial charge in [0, 0.05) is 19.5 Å². The topological polar surface area (TPSA) is 81.0 Å². The fraction of sp³-hybridized carbons (Fsp3) is 0.222. The van der Waals surface area contributed by atoms with Crippen LogP contribution in [0.1, 0.15) is 19.4 Å². The van der Waals surface area contributed by atoms with Gasteiger partial charge in [0.15, 0.2) is 0 Å². The predicted molar refractivity (Wildman–Crippen MR) is 95.3 cm³/mol.